The van der Waals surface area contributed by atoms with Gasteiger partial charge in [0.25, 0.3) is 0 Å². The standard InChI is InChI=1S/C15H20N2O2/c1-11-6-5-7-12(2)14(11)16-15(19)13-8-3-4-9-17(13)10-18/h5-7,10,13H,3-4,8-9H2,1-2H3,(H,16,19). The van der Waals surface area contributed by atoms with Crippen LogP contribution < -0.4 is 5.32 Å². The van der Waals surface area contributed by atoms with Crippen molar-refractivity contribution in [3.05, 3.63) is 29.3 Å². The molecule has 1 fully saturated rings. The molecule has 2 rings (SSSR count). The second kappa shape index (κ2) is 5.87. The van der Waals surface area contributed by atoms with E-state index in [0.29, 0.717) is 6.54 Å². The lowest BCUT2D eigenvalue weighted by atomic mass is 10.0. The van der Waals surface area contributed by atoms with Crippen LogP contribution in [0.4, 0.5) is 5.69 Å². The molecule has 0 spiro atoms. The second-order valence-corrected chi connectivity index (χ2v) is 5.11. The van der Waals surface area contributed by atoms with Crippen LogP contribution in [-0.2, 0) is 9.59 Å². The molecule has 19 heavy (non-hydrogen) atoms. The van der Waals surface area contributed by atoms with Crippen LogP contribution in [0.2, 0.25) is 0 Å². The lowest BCUT2D eigenvalue weighted by Gasteiger charge is -2.31. The van der Waals surface area contributed by atoms with Gasteiger partial charge in [0, 0.05) is 12.2 Å². The fraction of sp³-hybridized carbons (Fsp3) is 0.467. The highest BCUT2D eigenvalue weighted by Gasteiger charge is 2.27. The monoisotopic (exact) mass is 260 g/mol. The van der Waals surface area contributed by atoms with Crippen LogP contribution in [0.3, 0.4) is 0 Å². The first-order valence-electron chi connectivity index (χ1n) is 6.71. The van der Waals surface area contributed by atoms with Crippen molar-refractivity contribution in [3.63, 3.8) is 0 Å². The van der Waals surface area contributed by atoms with Gasteiger partial charge in [-0.05, 0) is 44.2 Å². The Hall–Kier alpha value is -1.84. The normalized spacial score (nSPS) is 19.1. The van der Waals surface area contributed by atoms with Crippen LogP contribution in [0.25, 0.3) is 0 Å². The van der Waals surface area contributed by atoms with Gasteiger partial charge in [-0.25, -0.2) is 0 Å². The molecular weight excluding hydrogens is 240 g/mol. The number of carbonyl (C=O) groups excluding carboxylic acids is 2. The van der Waals surface area contributed by atoms with Crippen molar-refractivity contribution in [3.8, 4) is 0 Å². The van der Waals surface area contributed by atoms with Gasteiger partial charge >= 0.3 is 0 Å². The molecule has 1 N–H and O–H groups in total. The van der Waals surface area contributed by atoms with Crippen LogP contribution in [0, 0.1) is 13.8 Å². The largest absolute Gasteiger partial charge is 0.333 e. The molecule has 0 saturated carbocycles. The van der Waals surface area contributed by atoms with Gasteiger partial charge in [-0.1, -0.05) is 18.2 Å². The fourth-order valence-electron chi connectivity index (χ4n) is 2.58. The van der Waals surface area contributed by atoms with Gasteiger partial charge in [-0.3, -0.25) is 9.59 Å². The molecule has 102 valence electrons. The first kappa shape index (κ1) is 13.6. The van der Waals surface area contributed by atoms with Gasteiger partial charge in [0.15, 0.2) is 0 Å². The van der Waals surface area contributed by atoms with E-state index in [1.165, 1.54) is 0 Å². The van der Waals surface area contributed by atoms with E-state index in [1.807, 2.05) is 32.0 Å². The highest BCUT2D eigenvalue weighted by molar-refractivity contribution is 5.97. The number of amides is 2. The molecule has 1 atom stereocenters. The van der Waals surface area contributed by atoms with Crippen molar-refractivity contribution in [2.45, 2.75) is 39.2 Å². The maximum Gasteiger partial charge on any atom is 0.247 e. The van der Waals surface area contributed by atoms with E-state index in [9.17, 15) is 9.59 Å². The SMILES string of the molecule is Cc1cccc(C)c1NC(=O)C1CCCCN1C=O. The van der Waals surface area contributed by atoms with E-state index in [-0.39, 0.29) is 11.9 Å². The fourth-order valence-corrected chi connectivity index (χ4v) is 2.58. The van der Waals surface area contributed by atoms with Gasteiger partial charge in [0.05, 0.1) is 0 Å². The lowest BCUT2D eigenvalue weighted by molar-refractivity contribution is -0.131. The number of rotatable bonds is 3. The molecule has 1 aromatic rings. The van der Waals surface area contributed by atoms with Gasteiger partial charge in [0.1, 0.15) is 6.04 Å². The number of nitrogens with zero attached hydrogens (tertiary/aromatic N) is 1. The highest BCUT2D eigenvalue weighted by Crippen LogP contribution is 2.22. The lowest BCUT2D eigenvalue weighted by Crippen LogP contribution is -2.46. The number of hydrogen-bond acceptors (Lipinski definition) is 2. The molecule has 1 saturated heterocycles. The predicted molar refractivity (Wildman–Crippen MR) is 75.0 cm³/mol. The first-order valence-corrected chi connectivity index (χ1v) is 6.71. The topological polar surface area (TPSA) is 49.4 Å². The average Bonchev–Trinajstić information content (AvgIpc) is 2.42. The third-order valence-corrected chi connectivity index (χ3v) is 3.71. The Labute approximate surface area is 113 Å². The molecule has 0 radical (unpaired) electrons. The summed E-state index contributed by atoms with van der Waals surface area (Å²) in [6, 6.07) is 5.59. The van der Waals surface area contributed by atoms with Crippen LogP contribution in [-0.4, -0.2) is 29.8 Å². The van der Waals surface area contributed by atoms with Crippen molar-refractivity contribution >= 4 is 18.0 Å². The molecule has 0 aromatic heterocycles. The smallest absolute Gasteiger partial charge is 0.247 e. The van der Waals surface area contributed by atoms with Crippen molar-refractivity contribution in [1.29, 1.82) is 0 Å². The summed E-state index contributed by atoms with van der Waals surface area (Å²) in [5.74, 6) is -0.0794. The second-order valence-electron chi connectivity index (χ2n) is 5.11. The summed E-state index contributed by atoms with van der Waals surface area (Å²) in [6.45, 7) is 4.62. The summed E-state index contributed by atoms with van der Waals surface area (Å²) in [7, 11) is 0. The van der Waals surface area contributed by atoms with Gasteiger partial charge in [-0.15, -0.1) is 0 Å². The molecule has 1 heterocycles. The van der Waals surface area contributed by atoms with E-state index >= 15 is 0 Å². The Morgan fingerprint density at radius 2 is 2.00 bits per heavy atom. The summed E-state index contributed by atoms with van der Waals surface area (Å²) >= 11 is 0. The molecule has 4 nitrogen and oxygen atoms in total. The minimum Gasteiger partial charge on any atom is -0.333 e. The maximum absolute atomic E-state index is 12.3. The number of benzene rings is 1. The third kappa shape index (κ3) is 2.95. The van der Waals surface area contributed by atoms with E-state index in [2.05, 4.69) is 5.32 Å². The molecule has 2 amide bonds. The van der Waals surface area contributed by atoms with E-state index in [1.54, 1.807) is 4.90 Å². The van der Waals surface area contributed by atoms with Crippen molar-refractivity contribution in [2.75, 3.05) is 11.9 Å². The zero-order valence-corrected chi connectivity index (χ0v) is 11.5. The van der Waals surface area contributed by atoms with Crippen LogP contribution in [0.15, 0.2) is 18.2 Å². The number of hydrogen-bond donors (Lipinski definition) is 1. The first-order chi connectivity index (χ1) is 9.13. The third-order valence-electron chi connectivity index (χ3n) is 3.71. The molecule has 4 heteroatoms. The zero-order valence-electron chi connectivity index (χ0n) is 11.5. The Kier molecular flexibility index (Phi) is 4.20. The average molecular weight is 260 g/mol. The molecule has 1 unspecified atom stereocenters. The summed E-state index contributed by atoms with van der Waals surface area (Å²) in [6.07, 6.45) is 3.50. The van der Waals surface area contributed by atoms with Crippen LogP contribution in [0.5, 0.6) is 0 Å². The van der Waals surface area contributed by atoms with Crippen LogP contribution >= 0.6 is 0 Å². The van der Waals surface area contributed by atoms with Crippen molar-refractivity contribution < 1.29 is 9.59 Å². The molecule has 0 bridgehead atoms. The van der Waals surface area contributed by atoms with Gasteiger partial charge in [0.2, 0.25) is 12.3 Å². The zero-order chi connectivity index (χ0) is 13.8. The van der Waals surface area contributed by atoms with E-state index in [4.69, 9.17) is 0 Å². The number of aryl methyl sites for hydroxylation is 2. The maximum atomic E-state index is 12.3. The molecule has 0 aliphatic carbocycles. The quantitative estimate of drug-likeness (QED) is 0.847. The van der Waals surface area contributed by atoms with Crippen LogP contribution in [0.1, 0.15) is 30.4 Å². The number of nitrogens with one attached hydrogen (secondary N) is 1. The number of anilines is 1. The number of para-hydroxylation sites is 1. The molecule has 1 aromatic carbocycles. The number of likely N-dealkylation sites (tertiary alicyclic amines) is 1. The number of carbonyl (C=O) groups is 2. The van der Waals surface area contributed by atoms with Gasteiger partial charge < -0.3 is 10.2 Å². The van der Waals surface area contributed by atoms with Crippen molar-refractivity contribution in [2.24, 2.45) is 0 Å². The Bertz CT molecular complexity index is 465. The summed E-state index contributed by atoms with van der Waals surface area (Å²) in [5, 5.41) is 2.97. The predicted octanol–water partition coefficient (Wildman–Crippen LogP) is 2.25. The summed E-state index contributed by atoms with van der Waals surface area (Å²) in [4.78, 5) is 24.9. The molecule has 1 aliphatic heterocycles. The molecule has 1 aliphatic rings. The van der Waals surface area contributed by atoms with E-state index < -0.39 is 0 Å². The summed E-state index contributed by atoms with van der Waals surface area (Å²) < 4.78 is 0. The minimum atomic E-state index is -0.328. The Morgan fingerprint density at radius 1 is 1.32 bits per heavy atom. The molecular formula is C15H20N2O2. The number of piperidine rings is 1. The summed E-state index contributed by atoms with van der Waals surface area (Å²) in [5.41, 5.74) is 2.95. The highest BCUT2D eigenvalue weighted by atomic mass is 16.2. The Morgan fingerprint density at radius 3 is 2.63 bits per heavy atom. The Balaban J connectivity index is 2.14. The minimum absolute atomic E-state index is 0.0794. The van der Waals surface area contributed by atoms with Gasteiger partial charge in [-0.2, -0.15) is 0 Å². The van der Waals surface area contributed by atoms with E-state index in [0.717, 1.165) is 42.5 Å². The van der Waals surface area contributed by atoms with Crippen molar-refractivity contribution in [1.82, 2.24) is 4.90 Å².